The Morgan fingerprint density at radius 3 is 3.00 bits per heavy atom. The van der Waals surface area contributed by atoms with E-state index in [4.69, 9.17) is 16.2 Å². The third-order valence-corrected chi connectivity index (χ3v) is 4.45. The summed E-state index contributed by atoms with van der Waals surface area (Å²) in [6, 6.07) is 2.08. The Morgan fingerprint density at radius 1 is 1.29 bits per heavy atom. The number of ether oxygens (including phenoxy) is 1. The molecular weight excluding hydrogens is 309 g/mol. The molecule has 7 heteroatoms. The second-order valence-electron chi connectivity index (χ2n) is 6.24. The molecule has 0 bridgehead atoms. The SMILES string of the molecule is NC1CCCN(c2ccncc2N2C=C(F)C=C3OC(N)C=C32)C1. The first-order valence-electron chi connectivity index (χ1n) is 8.09. The fourth-order valence-electron chi connectivity index (χ4n) is 3.40. The van der Waals surface area contributed by atoms with Gasteiger partial charge < -0.3 is 20.3 Å². The van der Waals surface area contributed by atoms with Gasteiger partial charge in [0.2, 0.25) is 0 Å². The molecule has 6 nitrogen and oxygen atoms in total. The van der Waals surface area contributed by atoms with Crippen LogP contribution in [0.2, 0.25) is 0 Å². The molecule has 1 aromatic rings. The Morgan fingerprint density at radius 2 is 2.17 bits per heavy atom. The number of pyridine rings is 1. The summed E-state index contributed by atoms with van der Waals surface area (Å²) < 4.78 is 19.5. The van der Waals surface area contributed by atoms with Gasteiger partial charge in [-0.2, -0.15) is 0 Å². The van der Waals surface area contributed by atoms with Crippen molar-refractivity contribution in [2.24, 2.45) is 11.5 Å². The normalized spacial score (nSPS) is 26.4. The van der Waals surface area contributed by atoms with Gasteiger partial charge in [-0.05, 0) is 25.0 Å². The van der Waals surface area contributed by atoms with Crippen molar-refractivity contribution in [1.29, 1.82) is 0 Å². The maximum Gasteiger partial charge on any atom is 0.169 e. The molecule has 2 atom stereocenters. The number of allylic oxidation sites excluding steroid dienone is 2. The third kappa shape index (κ3) is 2.65. The lowest BCUT2D eigenvalue weighted by Crippen LogP contribution is -2.43. The lowest BCUT2D eigenvalue weighted by molar-refractivity contribution is 0.185. The van der Waals surface area contributed by atoms with Crippen molar-refractivity contribution in [2.45, 2.75) is 25.1 Å². The van der Waals surface area contributed by atoms with Crippen LogP contribution in [0.5, 0.6) is 0 Å². The summed E-state index contributed by atoms with van der Waals surface area (Å²) in [4.78, 5) is 8.20. The van der Waals surface area contributed by atoms with E-state index in [9.17, 15) is 4.39 Å². The predicted molar refractivity (Wildman–Crippen MR) is 90.6 cm³/mol. The van der Waals surface area contributed by atoms with Crippen LogP contribution in [0.3, 0.4) is 0 Å². The summed E-state index contributed by atoms with van der Waals surface area (Å²) in [6.45, 7) is 1.69. The molecule has 0 aromatic carbocycles. The molecule has 4 rings (SSSR count). The largest absolute Gasteiger partial charge is 0.470 e. The van der Waals surface area contributed by atoms with Crippen molar-refractivity contribution in [1.82, 2.24) is 4.98 Å². The minimum Gasteiger partial charge on any atom is -0.470 e. The quantitative estimate of drug-likeness (QED) is 0.860. The van der Waals surface area contributed by atoms with Crippen molar-refractivity contribution in [2.75, 3.05) is 22.9 Å². The lowest BCUT2D eigenvalue weighted by atomic mass is 10.1. The summed E-state index contributed by atoms with van der Waals surface area (Å²) in [5, 5.41) is 0. The van der Waals surface area contributed by atoms with Crippen LogP contribution in [-0.4, -0.2) is 30.3 Å². The van der Waals surface area contributed by atoms with Crippen LogP contribution < -0.4 is 21.3 Å². The van der Waals surface area contributed by atoms with Gasteiger partial charge in [0.1, 0.15) is 11.6 Å². The molecule has 0 amide bonds. The minimum atomic E-state index is -0.573. The smallest absolute Gasteiger partial charge is 0.169 e. The van der Waals surface area contributed by atoms with Gasteiger partial charge >= 0.3 is 0 Å². The van der Waals surface area contributed by atoms with Gasteiger partial charge in [0.05, 0.1) is 23.3 Å². The molecule has 126 valence electrons. The highest BCUT2D eigenvalue weighted by atomic mass is 19.1. The molecular formula is C17H20FN5O. The van der Waals surface area contributed by atoms with Crippen LogP contribution in [0, 0.1) is 0 Å². The molecule has 0 spiro atoms. The second kappa shape index (κ2) is 5.92. The highest BCUT2D eigenvalue weighted by Crippen LogP contribution is 2.39. The lowest BCUT2D eigenvalue weighted by Gasteiger charge is -2.36. The first-order valence-corrected chi connectivity index (χ1v) is 8.09. The van der Waals surface area contributed by atoms with Crippen molar-refractivity contribution in [3.63, 3.8) is 0 Å². The maximum absolute atomic E-state index is 14.1. The monoisotopic (exact) mass is 329 g/mol. The van der Waals surface area contributed by atoms with Crippen LogP contribution in [0.15, 0.2) is 54.1 Å². The summed E-state index contributed by atoms with van der Waals surface area (Å²) in [7, 11) is 0. The molecule has 1 fully saturated rings. The van der Waals surface area contributed by atoms with E-state index in [0.29, 0.717) is 5.76 Å². The van der Waals surface area contributed by atoms with Crippen LogP contribution in [0.25, 0.3) is 0 Å². The summed E-state index contributed by atoms with van der Waals surface area (Å²) in [5.41, 5.74) is 14.4. The Hall–Kier alpha value is -2.38. The molecule has 4 heterocycles. The van der Waals surface area contributed by atoms with Gasteiger partial charge in [0.15, 0.2) is 6.23 Å². The zero-order valence-corrected chi connectivity index (χ0v) is 13.2. The maximum atomic E-state index is 14.1. The zero-order valence-electron chi connectivity index (χ0n) is 13.2. The summed E-state index contributed by atoms with van der Waals surface area (Å²) in [6.07, 6.45) is 9.51. The zero-order chi connectivity index (χ0) is 16.7. The molecule has 1 aromatic heterocycles. The first kappa shape index (κ1) is 15.2. The van der Waals surface area contributed by atoms with E-state index in [-0.39, 0.29) is 11.9 Å². The van der Waals surface area contributed by atoms with Gasteiger partial charge in [-0.1, -0.05) is 0 Å². The molecule has 0 radical (unpaired) electrons. The number of hydrogen-bond acceptors (Lipinski definition) is 6. The Labute approximate surface area is 139 Å². The van der Waals surface area contributed by atoms with Crippen molar-refractivity contribution in [3.05, 3.63) is 54.1 Å². The molecule has 24 heavy (non-hydrogen) atoms. The molecule has 2 unspecified atom stereocenters. The highest BCUT2D eigenvalue weighted by molar-refractivity contribution is 5.76. The van der Waals surface area contributed by atoms with Gasteiger partial charge in [-0.15, -0.1) is 0 Å². The predicted octanol–water partition coefficient (Wildman–Crippen LogP) is 1.72. The average molecular weight is 329 g/mol. The number of nitrogens with zero attached hydrogens (tertiary/aromatic N) is 3. The summed E-state index contributed by atoms with van der Waals surface area (Å²) in [5.74, 6) is 0.0500. The topological polar surface area (TPSA) is 80.6 Å². The Kier molecular flexibility index (Phi) is 3.74. The van der Waals surface area contributed by atoms with Gasteiger partial charge in [0, 0.05) is 37.6 Å². The summed E-state index contributed by atoms with van der Waals surface area (Å²) >= 11 is 0. The number of halogens is 1. The molecule has 0 aliphatic carbocycles. The van der Waals surface area contributed by atoms with Crippen LogP contribution in [0.4, 0.5) is 15.8 Å². The van der Waals surface area contributed by atoms with Crippen LogP contribution >= 0.6 is 0 Å². The van der Waals surface area contributed by atoms with E-state index in [0.717, 1.165) is 43.0 Å². The molecule has 3 aliphatic heterocycles. The number of anilines is 2. The van der Waals surface area contributed by atoms with Crippen LogP contribution in [-0.2, 0) is 4.74 Å². The second-order valence-corrected chi connectivity index (χ2v) is 6.24. The molecule has 4 N–H and O–H groups in total. The van der Waals surface area contributed by atoms with Crippen molar-refractivity contribution in [3.8, 4) is 0 Å². The number of aromatic nitrogens is 1. The molecule has 3 aliphatic rings. The van der Waals surface area contributed by atoms with E-state index < -0.39 is 6.23 Å². The van der Waals surface area contributed by atoms with E-state index in [1.54, 1.807) is 23.4 Å². The number of hydrogen-bond donors (Lipinski definition) is 2. The van der Waals surface area contributed by atoms with E-state index >= 15 is 0 Å². The fourth-order valence-corrected chi connectivity index (χ4v) is 3.40. The standard InChI is InChI=1S/C17H20FN5O/c18-11-6-16-14(7-17(20)24-16)23(9-11)15-8-21-4-3-13(15)22-5-1-2-12(19)10-22/h3-4,6-9,12,17H,1-2,5,10,19-20H2. The van der Waals surface area contributed by atoms with Crippen molar-refractivity contribution >= 4 is 11.4 Å². The van der Waals surface area contributed by atoms with Crippen molar-refractivity contribution < 1.29 is 9.13 Å². The first-order chi connectivity index (χ1) is 11.6. The minimum absolute atomic E-state index is 0.145. The average Bonchev–Trinajstić information content (AvgIpc) is 2.94. The van der Waals surface area contributed by atoms with Gasteiger partial charge in [-0.25, -0.2) is 4.39 Å². The third-order valence-electron chi connectivity index (χ3n) is 4.45. The molecule has 0 saturated carbocycles. The number of rotatable bonds is 2. The number of piperidine rings is 1. The van der Waals surface area contributed by atoms with E-state index in [1.807, 2.05) is 6.07 Å². The van der Waals surface area contributed by atoms with Crippen LogP contribution in [0.1, 0.15) is 12.8 Å². The van der Waals surface area contributed by atoms with E-state index in [2.05, 4.69) is 9.88 Å². The fraction of sp³-hybridized carbons (Fsp3) is 0.353. The van der Waals surface area contributed by atoms with E-state index in [1.165, 1.54) is 12.3 Å². The number of nitrogens with two attached hydrogens (primary N) is 2. The van der Waals surface area contributed by atoms with Gasteiger partial charge in [0.25, 0.3) is 0 Å². The van der Waals surface area contributed by atoms with Gasteiger partial charge in [-0.3, -0.25) is 10.7 Å². The highest BCUT2D eigenvalue weighted by Gasteiger charge is 2.30. The Balaban J connectivity index is 1.74. The Bertz CT molecular complexity index is 744. The number of fused-ring (bicyclic) bond motifs is 1. The molecule has 1 saturated heterocycles.